The molecule has 6 nitrogen and oxygen atoms in total. The van der Waals surface area contributed by atoms with Gasteiger partial charge in [0.25, 0.3) is 0 Å². The number of hydrogen-bond acceptors (Lipinski definition) is 5. The molecule has 0 radical (unpaired) electrons. The van der Waals surface area contributed by atoms with Crippen LogP contribution in [0.1, 0.15) is 0 Å². The SMILES string of the molecule is COc1c(Cl)ccc2c[n+]3ccccc3cc12.[O-][Cl+3]([O-])([O-])[O-]. The summed E-state index contributed by atoms with van der Waals surface area (Å²) in [5.74, 6) is 0.732. The third-order valence-electron chi connectivity index (χ3n) is 2.88. The largest absolute Gasteiger partial charge is 0.495 e. The fourth-order valence-corrected chi connectivity index (χ4v) is 2.31. The quantitative estimate of drug-likeness (QED) is 0.394. The zero-order valence-corrected chi connectivity index (χ0v) is 12.9. The minimum atomic E-state index is -4.94. The van der Waals surface area contributed by atoms with Crippen molar-refractivity contribution in [2.75, 3.05) is 7.11 Å². The van der Waals surface area contributed by atoms with Crippen molar-refractivity contribution >= 4 is 27.9 Å². The molecule has 0 aliphatic rings. The Hall–Kier alpha value is -1.67. The van der Waals surface area contributed by atoms with Gasteiger partial charge in [-0.2, -0.15) is 4.40 Å². The molecular weight excluding hydrogens is 333 g/mol. The zero-order chi connectivity index (χ0) is 16.3. The Morgan fingerprint density at radius 3 is 2.41 bits per heavy atom. The predicted molar refractivity (Wildman–Crippen MR) is 68.7 cm³/mol. The van der Waals surface area contributed by atoms with Crippen LogP contribution in [0.2, 0.25) is 5.02 Å². The Morgan fingerprint density at radius 2 is 1.77 bits per heavy atom. The highest BCUT2D eigenvalue weighted by atomic mass is 35.7. The van der Waals surface area contributed by atoms with Crippen LogP contribution in [-0.4, -0.2) is 7.11 Å². The van der Waals surface area contributed by atoms with Crippen molar-refractivity contribution in [3.05, 3.63) is 53.8 Å². The van der Waals surface area contributed by atoms with Gasteiger partial charge in [-0.1, -0.05) is 11.6 Å². The third-order valence-corrected chi connectivity index (χ3v) is 3.18. The average molecular weight is 344 g/mol. The summed E-state index contributed by atoms with van der Waals surface area (Å²) in [6.45, 7) is 0. The van der Waals surface area contributed by atoms with Crippen molar-refractivity contribution in [2.24, 2.45) is 0 Å². The molecule has 1 aromatic carbocycles. The van der Waals surface area contributed by atoms with Crippen LogP contribution >= 0.6 is 11.6 Å². The molecule has 0 saturated carbocycles. The van der Waals surface area contributed by atoms with E-state index >= 15 is 0 Å². The number of methoxy groups -OCH3 is 1. The third kappa shape index (κ3) is 4.17. The van der Waals surface area contributed by atoms with Gasteiger partial charge < -0.3 is 4.74 Å². The number of aromatic nitrogens is 1. The monoisotopic (exact) mass is 343 g/mol. The van der Waals surface area contributed by atoms with E-state index in [1.165, 1.54) is 0 Å². The first-order valence-corrected chi connectivity index (χ1v) is 7.59. The normalized spacial score (nSPS) is 11.2. The number of ether oxygens (including phenoxy) is 1. The molecule has 116 valence electrons. The second-order valence-electron chi connectivity index (χ2n) is 4.27. The molecule has 8 heteroatoms. The summed E-state index contributed by atoms with van der Waals surface area (Å²) in [6, 6.07) is 12.0. The van der Waals surface area contributed by atoms with Gasteiger partial charge in [0.05, 0.1) is 17.5 Å². The topological polar surface area (TPSA) is 106 Å². The van der Waals surface area contributed by atoms with Crippen molar-refractivity contribution in [3.63, 3.8) is 0 Å². The number of rotatable bonds is 1. The summed E-state index contributed by atoms with van der Waals surface area (Å²) in [5, 5.41) is 2.78. The molecule has 0 bridgehead atoms. The second kappa shape index (κ2) is 6.62. The van der Waals surface area contributed by atoms with Gasteiger partial charge in [-0.3, -0.25) is 0 Å². The number of benzene rings is 1. The first-order valence-electron chi connectivity index (χ1n) is 5.97. The van der Waals surface area contributed by atoms with Gasteiger partial charge in [0, 0.05) is 23.6 Å². The Morgan fingerprint density at radius 1 is 1.09 bits per heavy atom. The van der Waals surface area contributed by atoms with E-state index in [0.717, 1.165) is 22.0 Å². The molecule has 2 heterocycles. The number of fused-ring (bicyclic) bond motifs is 2. The lowest BCUT2D eigenvalue weighted by Gasteiger charge is -2.17. The first kappa shape index (κ1) is 16.7. The minimum Gasteiger partial charge on any atom is -0.495 e. The van der Waals surface area contributed by atoms with Gasteiger partial charge in [0.2, 0.25) is 5.52 Å². The summed E-state index contributed by atoms with van der Waals surface area (Å²) in [5.41, 5.74) is 1.11. The van der Waals surface area contributed by atoms with Crippen LogP contribution in [-0.2, 0) is 0 Å². The van der Waals surface area contributed by atoms with Crippen LogP contribution in [0.15, 0.2) is 48.8 Å². The Kier molecular flexibility index (Phi) is 5.02. The smallest absolute Gasteiger partial charge is 0.211 e. The van der Waals surface area contributed by atoms with Crippen molar-refractivity contribution in [2.45, 2.75) is 0 Å². The van der Waals surface area contributed by atoms with E-state index < -0.39 is 10.2 Å². The maximum Gasteiger partial charge on any atom is 0.211 e. The highest BCUT2D eigenvalue weighted by Gasteiger charge is 2.11. The molecule has 0 aliphatic carbocycles. The number of halogens is 2. The lowest BCUT2D eigenvalue weighted by molar-refractivity contribution is -2.00. The molecular formula is C14H11Cl2NO5. The molecule has 0 unspecified atom stereocenters. The fourth-order valence-electron chi connectivity index (χ4n) is 2.06. The van der Waals surface area contributed by atoms with Crippen LogP contribution in [0.4, 0.5) is 0 Å². The first-order chi connectivity index (χ1) is 10.3. The van der Waals surface area contributed by atoms with E-state index in [0.29, 0.717) is 5.02 Å². The standard InChI is InChI=1S/C14H11ClNO.ClHO4/c1-17-14-12-8-11-4-2-3-7-16(11)9-10(12)5-6-13(14)15;2-1(3,4)5/h2-9H,1H3;(H,2,3,4,5)/q+1;/p-1. The summed E-state index contributed by atoms with van der Waals surface area (Å²) in [4.78, 5) is 0. The van der Waals surface area contributed by atoms with Gasteiger partial charge in [0.1, 0.15) is 5.75 Å². The molecule has 0 spiro atoms. The van der Waals surface area contributed by atoms with E-state index in [-0.39, 0.29) is 0 Å². The summed E-state index contributed by atoms with van der Waals surface area (Å²) < 4.78 is 41.4. The summed E-state index contributed by atoms with van der Waals surface area (Å²) in [6.07, 6.45) is 4.10. The van der Waals surface area contributed by atoms with Gasteiger partial charge in [-0.15, -0.1) is 10.2 Å². The molecule has 0 saturated heterocycles. The number of hydrogen-bond donors (Lipinski definition) is 0. The highest BCUT2D eigenvalue weighted by Crippen LogP contribution is 2.32. The second-order valence-corrected chi connectivity index (χ2v) is 5.43. The fraction of sp³-hybridized carbons (Fsp3) is 0.0714. The molecule has 0 fully saturated rings. The summed E-state index contributed by atoms with van der Waals surface area (Å²) in [7, 11) is -3.30. The summed E-state index contributed by atoms with van der Waals surface area (Å²) >= 11 is 6.12. The van der Waals surface area contributed by atoms with Crippen molar-refractivity contribution in [1.82, 2.24) is 0 Å². The highest BCUT2D eigenvalue weighted by molar-refractivity contribution is 6.33. The van der Waals surface area contributed by atoms with E-state index in [4.69, 9.17) is 35.0 Å². The molecule has 3 aromatic rings. The molecule has 0 aliphatic heterocycles. The molecule has 2 aromatic heterocycles. The predicted octanol–water partition coefficient (Wildman–Crippen LogP) is -1.52. The maximum atomic E-state index is 8.49. The van der Waals surface area contributed by atoms with E-state index in [9.17, 15) is 0 Å². The van der Waals surface area contributed by atoms with Crippen LogP contribution < -0.4 is 27.8 Å². The zero-order valence-electron chi connectivity index (χ0n) is 11.4. The lowest BCUT2D eigenvalue weighted by Crippen LogP contribution is -2.68. The molecule has 0 amide bonds. The molecule has 22 heavy (non-hydrogen) atoms. The van der Waals surface area contributed by atoms with Gasteiger partial charge in [0.15, 0.2) is 12.4 Å². The Labute approximate surface area is 133 Å². The molecule has 0 N–H and O–H groups in total. The van der Waals surface area contributed by atoms with Crippen molar-refractivity contribution in [1.29, 1.82) is 0 Å². The van der Waals surface area contributed by atoms with Crippen LogP contribution in [0.3, 0.4) is 0 Å². The van der Waals surface area contributed by atoms with E-state index in [1.807, 2.05) is 30.5 Å². The van der Waals surface area contributed by atoms with Gasteiger partial charge in [-0.05, 0) is 18.2 Å². The van der Waals surface area contributed by atoms with E-state index in [1.54, 1.807) is 7.11 Å². The molecule has 0 atom stereocenters. The number of pyridine rings is 2. The van der Waals surface area contributed by atoms with Crippen LogP contribution in [0.25, 0.3) is 16.3 Å². The number of nitrogens with zero attached hydrogens (tertiary/aromatic N) is 1. The Balaban J connectivity index is 0.000000309. The average Bonchev–Trinajstić information content (AvgIpc) is 2.43. The van der Waals surface area contributed by atoms with Gasteiger partial charge in [-0.25, -0.2) is 18.6 Å². The van der Waals surface area contributed by atoms with Gasteiger partial charge >= 0.3 is 0 Å². The Bertz CT molecular complexity index is 798. The van der Waals surface area contributed by atoms with E-state index in [2.05, 4.69) is 22.7 Å². The van der Waals surface area contributed by atoms with Crippen LogP contribution in [0, 0.1) is 10.2 Å². The van der Waals surface area contributed by atoms with Crippen LogP contribution in [0.5, 0.6) is 5.75 Å². The maximum absolute atomic E-state index is 8.49. The molecule has 3 rings (SSSR count). The van der Waals surface area contributed by atoms with Crippen molar-refractivity contribution < 1.29 is 38.0 Å². The minimum absolute atomic E-state index is 0.639. The lowest BCUT2D eigenvalue weighted by atomic mass is 10.1. The van der Waals surface area contributed by atoms with Crippen molar-refractivity contribution in [3.8, 4) is 5.75 Å².